The lowest BCUT2D eigenvalue weighted by Gasteiger charge is -2.22. The Morgan fingerprint density at radius 2 is 2.00 bits per heavy atom. The number of halogens is 1. The molecule has 4 nitrogen and oxygen atoms in total. The van der Waals surface area contributed by atoms with Crippen LogP contribution in [0.3, 0.4) is 0 Å². The Kier molecular flexibility index (Phi) is 3.48. The van der Waals surface area contributed by atoms with Crippen molar-refractivity contribution >= 4 is 23.0 Å². The second kappa shape index (κ2) is 5.44. The number of para-hydroxylation sites is 1. The van der Waals surface area contributed by atoms with Crippen molar-refractivity contribution in [3.05, 3.63) is 53.3 Å². The van der Waals surface area contributed by atoms with Crippen LogP contribution in [-0.4, -0.2) is 19.0 Å². The number of hydrogen-bond acceptors (Lipinski definition) is 3. The van der Waals surface area contributed by atoms with Crippen molar-refractivity contribution in [2.75, 3.05) is 29.0 Å². The minimum atomic E-state index is -0.312. The Labute approximate surface area is 122 Å². The van der Waals surface area contributed by atoms with Crippen molar-refractivity contribution < 1.29 is 9.18 Å². The zero-order valence-electron chi connectivity index (χ0n) is 11.7. The van der Waals surface area contributed by atoms with Gasteiger partial charge in [0.1, 0.15) is 5.82 Å². The molecule has 5 heteroatoms. The van der Waals surface area contributed by atoms with Gasteiger partial charge in [-0.05, 0) is 42.8 Å². The van der Waals surface area contributed by atoms with Crippen molar-refractivity contribution in [1.29, 1.82) is 0 Å². The van der Waals surface area contributed by atoms with E-state index in [1.165, 1.54) is 12.1 Å². The maximum absolute atomic E-state index is 13.1. The number of aryl methyl sites for hydroxylation is 1. The average molecular weight is 285 g/mol. The molecule has 1 aliphatic heterocycles. The number of nitrogens with one attached hydrogen (secondary N) is 3. The molecule has 0 spiro atoms. The highest BCUT2D eigenvalue weighted by molar-refractivity contribution is 6.10. The van der Waals surface area contributed by atoms with Gasteiger partial charge >= 0.3 is 0 Å². The molecule has 2 aromatic carbocycles. The van der Waals surface area contributed by atoms with Crippen LogP contribution in [0.5, 0.6) is 0 Å². The summed E-state index contributed by atoms with van der Waals surface area (Å²) in [5, 5.41) is 9.32. The Hall–Kier alpha value is -2.56. The lowest BCUT2D eigenvalue weighted by Crippen LogP contribution is -2.24. The first kappa shape index (κ1) is 13.4. The van der Waals surface area contributed by atoms with Crippen LogP contribution < -0.4 is 16.0 Å². The molecule has 0 aliphatic carbocycles. The van der Waals surface area contributed by atoms with Crippen LogP contribution in [-0.2, 0) is 0 Å². The molecular formula is C16H16FN3O. The fraction of sp³-hybridized carbons (Fsp3) is 0.188. The minimum Gasteiger partial charge on any atom is -0.382 e. The quantitative estimate of drug-likeness (QED) is 0.794. The van der Waals surface area contributed by atoms with Gasteiger partial charge in [-0.15, -0.1) is 0 Å². The van der Waals surface area contributed by atoms with Gasteiger partial charge in [0.25, 0.3) is 5.91 Å². The number of anilines is 3. The fourth-order valence-electron chi connectivity index (χ4n) is 2.42. The zero-order chi connectivity index (χ0) is 14.8. The molecule has 0 fully saturated rings. The number of amides is 1. The lowest BCUT2D eigenvalue weighted by atomic mass is 10.1. The van der Waals surface area contributed by atoms with Crippen LogP contribution in [0.15, 0.2) is 36.4 Å². The predicted octanol–water partition coefficient (Wildman–Crippen LogP) is 3.22. The van der Waals surface area contributed by atoms with Gasteiger partial charge in [-0.2, -0.15) is 0 Å². The van der Waals surface area contributed by atoms with Crippen LogP contribution in [0.2, 0.25) is 0 Å². The second-order valence-electron chi connectivity index (χ2n) is 5.00. The van der Waals surface area contributed by atoms with E-state index in [-0.39, 0.29) is 11.7 Å². The molecule has 2 aromatic rings. The monoisotopic (exact) mass is 285 g/mol. The summed E-state index contributed by atoms with van der Waals surface area (Å²) in [6.07, 6.45) is 0. The summed E-state index contributed by atoms with van der Waals surface area (Å²) in [6.45, 7) is 3.36. The number of benzene rings is 2. The van der Waals surface area contributed by atoms with Crippen molar-refractivity contribution in [2.45, 2.75) is 6.92 Å². The van der Waals surface area contributed by atoms with Gasteiger partial charge in [0.05, 0.1) is 16.9 Å². The minimum absolute atomic E-state index is 0.210. The highest BCUT2D eigenvalue weighted by Gasteiger charge is 2.17. The van der Waals surface area contributed by atoms with Crippen molar-refractivity contribution in [1.82, 2.24) is 0 Å². The van der Waals surface area contributed by atoms with E-state index < -0.39 is 0 Å². The van der Waals surface area contributed by atoms with E-state index in [0.29, 0.717) is 16.8 Å². The van der Waals surface area contributed by atoms with E-state index in [1.807, 2.05) is 12.1 Å². The van der Waals surface area contributed by atoms with E-state index in [0.717, 1.165) is 24.5 Å². The molecule has 3 rings (SSSR count). The molecule has 0 saturated carbocycles. The molecule has 0 radical (unpaired) electrons. The summed E-state index contributed by atoms with van der Waals surface area (Å²) < 4.78 is 13.1. The van der Waals surface area contributed by atoms with Crippen LogP contribution in [0, 0.1) is 12.7 Å². The van der Waals surface area contributed by atoms with E-state index in [9.17, 15) is 9.18 Å². The Morgan fingerprint density at radius 1 is 1.19 bits per heavy atom. The van der Waals surface area contributed by atoms with E-state index in [2.05, 4.69) is 16.0 Å². The number of carbonyl (C=O) groups excluding carboxylic acids is 1. The molecule has 1 heterocycles. The smallest absolute Gasteiger partial charge is 0.257 e. The molecule has 0 unspecified atom stereocenters. The molecule has 0 bridgehead atoms. The SMILES string of the molecule is Cc1cc(F)ccc1NC(=O)c1cccc2c1NCCN2. The van der Waals surface area contributed by atoms with Gasteiger partial charge in [-0.25, -0.2) is 4.39 Å². The Morgan fingerprint density at radius 3 is 2.81 bits per heavy atom. The van der Waals surface area contributed by atoms with Crippen LogP contribution in [0.25, 0.3) is 0 Å². The standard InChI is InChI=1S/C16H16FN3O/c1-10-9-11(17)5-6-13(10)20-16(21)12-3-2-4-14-15(12)19-8-7-18-14/h2-6,9,18-19H,7-8H2,1H3,(H,20,21). The van der Waals surface area contributed by atoms with E-state index >= 15 is 0 Å². The van der Waals surface area contributed by atoms with Crippen molar-refractivity contribution in [2.24, 2.45) is 0 Å². The molecule has 0 saturated heterocycles. The highest BCUT2D eigenvalue weighted by atomic mass is 19.1. The topological polar surface area (TPSA) is 53.2 Å². The third kappa shape index (κ3) is 2.67. The van der Waals surface area contributed by atoms with Gasteiger partial charge in [-0.3, -0.25) is 4.79 Å². The van der Waals surface area contributed by atoms with Gasteiger partial charge in [0.2, 0.25) is 0 Å². The van der Waals surface area contributed by atoms with Crippen molar-refractivity contribution in [3.8, 4) is 0 Å². The Bertz CT molecular complexity index is 700. The number of rotatable bonds is 2. The summed E-state index contributed by atoms with van der Waals surface area (Å²) >= 11 is 0. The van der Waals surface area contributed by atoms with Gasteiger partial charge in [-0.1, -0.05) is 6.07 Å². The molecular weight excluding hydrogens is 269 g/mol. The predicted molar refractivity (Wildman–Crippen MR) is 82.5 cm³/mol. The third-order valence-electron chi connectivity index (χ3n) is 3.49. The normalized spacial score (nSPS) is 12.9. The zero-order valence-corrected chi connectivity index (χ0v) is 11.7. The maximum Gasteiger partial charge on any atom is 0.257 e. The average Bonchev–Trinajstić information content (AvgIpc) is 2.49. The molecule has 108 valence electrons. The molecule has 1 amide bonds. The molecule has 0 aromatic heterocycles. The first-order chi connectivity index (χ1) is 10.1. The van der Waals surface area contributed by atoms with Gasteiger partial charge in [0, 0.05) is 18.8 Å². The second-order valence-corrected chi connectivity index (χ2v) is 5.00. The Balaban J connectivity index is 1.89. The van der Waals surface area contributed by atoms with E-state index in [1.54, 1.807) is 19.1 Å². The summed E-state index contributed by atoms with van der Waals surface area (Å²) in [7, 11) is 0. The number of hydrogen-bond donors (Lipinski definition) is 3. The molecule has 1 aliphatic rings. The maximum atomic E-state index is 13.1. The van der Waals surface area contributed by atoms with E-state index in [4.69, 9.17) is 0 Å². The van der Waals surface area contributed by atoms with Gasteiger partial charge in [0.15, 0.2) is 0 Å². The fourth-order valence-corrected chi connectivity index (χ4v) is 2.42. The van der Waals surface area contributed by atoms with Crippen LogP contribution >= 0.6 is 0 Å². The first-order valence-electron chi connectivity index (χ1n) is 6.83. The largest absolute Gasteiger partial charge is 0.382 e. The van der Waals surface area contributed by atoms with Gasteiger partial charge < -0.3 is 16.0 Å². The highest BCUT2D eigenvalue weighted by Crippen LogP contribution is 2.29. The number of fused-ring (bicyclic) bond motifs is 1. The number of carbonyl (C=O) groups is 1. The lowest BCUT2D eigenvalue weighted by molar-refractivity contribution is 0.102. The molecule has 0 atom stereocenters. The summed E-state index contributed by atoms with van der Waals surface area (Å²) in [5.41, 5.74) is 3.61. The summed E-state index contributed by atoms with van der Waals surface area (Å²) in [6, 6.07) is 9.85. The summed E-state index contributed by atoms with van der Waals surface area (Å²) in [4.78, 5) is 12.5. The first-order valence-corrected chi connectivity index (χ1v) is 6.83. The summed E-state index contributed by atoms with van der Waals surface area (Å²) in [5.74, 6) is -0.522. The van der Waals surface area contributed by atoms with Crippen molar-refractivity contribution in [3.63, 3.8) is 0 Å². The third-order valence-corrected chi connectivity index (χ3v) is 3.49. The molecule has 3 N–H and O–H groups in total. The van der Waals surface area contributed by atoms with Crippen LogP contribution in [0.4, 0.5) is 21.5 Å². The van der Waals surface area contributed by atoms with Crippen LogP contribution in [0.1, 0.15) is 15.9 Å². The molecule has 21 heavy (non-hydrogen) atoms.